The Kier molecular flexibility index (Phi) is 5.14. The summed E-state index contributed by atoms with van der Waals surface area (Å²) >= 11 is 9.48. The Morgan fingerprint density at radius 3 is 2.88 bits per heavy atom. The molecule has 1 fully saturated rings. The van der Waals surface area contributed by atoms with E-state index in [4.69, 9.17) is 16.3 Å². The van der Waals surface area contributed by atoms with Crippen LogP contribution in [0.5, 0.6) is 5.75 Å². The van der Waals surface area contributed by atoms with Gasteiger partial charge >= 0.3 is 0 Å². The van der Waals surface area contributed by atoms with E-state index < -0.39 is 0 Å². The molecular weight excluding hydrogens is 302 g/mol. The molecule has 1 aromatic carbocycles. The van der Waals surface area contributed by atoms with Gasteiger partial charge in [0.15, 0.2) is 0 Å². The standard InChI is InChI=1S/C13H17BrClNO/c14-11-1-2-12(15)13(9-11)17-8-5-10-3-6-16-7-4-10/h1-2,9-10,16H,3-8H2. The van der Waals surface area contributed by atoms with E-state index in [0.717, 1.165) is 42.3 Å². The van der Waals surface area contributed by atoms with Gasteiger partial charge in [-0.25, -0.2) is 0 Å². The van der Waals surface area contributed by atoms with Crippen LogP contribution in [0.4, 0.5) is 0 Å². The number of hydrogen-bond acceptors (Lipinski definition) is 2. The highest BCUT2D eigenvalue weighted by Crippen LogP contribution is 2.28. The van der Waals surface area contributed by atoms with Crippen molar-refractivity contribution in [2.75, 3.05) is 19.7 Å². The molecule has 2 nitrogen and oxygen atoms in total. The molecule has 1 aromatic rings. The lowest BCUT2D eigenvalue weighted by molar-refractivity contribution is 0.252. The van der Waals surface area contributed by atoms with Crippen molar-refractivity contribution >= 4 is 27.5 Å². The highest BCUT2D eigenvalue weighted by molar-refractivity contribution is 9.10. The number of benzene rings is 1. The molecule has 0 saturated carbocycles. The number of halogens is 2. The van der Waals surface area contributed by atoms with Gasteiger partial charge in [-0.1, -0.05) is 27.5 Å². The summed E-state index contributed by atoms with van der Waals surface area (Å²) in [5.41, 5.74) is 0. The minimum absolute atomic E-state index is 0.679. The fraction of sp³-hybridized carbons (Fsp3) is 0.538. The Balaban J connectivity index is 1.79. The molecule has 1 heterocycles. The fourth-order valence-corrected chi connectivity index (χ4v) is 2.61. The van der Waals surface area contributed by atoms with E-state index in [2.05, 4.69) is 21.2 Å². The Bertz CT molecular complexity index is 366. The molecule has 0 bridgehead atoms. The van der Waals surface area contributed by atoms with Crippen LogP contribution in [-0.2, 0) is 0 Å². The van der Waals surface area contributed by atoms with E-state index in [-0.39, 0.29) is 0 Å². The quantitative estimate of drug-likeness (QED) is 0.910. The summed E-state index contributed by atoms with van der Waals surface area (Å²) in [7, 11) is 0. The van der Waals surface area contributed by atoms with Gasteiger partial charge in [0.2, 0.25) is 0 Å². The van der Waals surface area contributed by atoms with Crippen molar-refractivity contribution in [2.45, 2.75) is 19.3 Å². The fourth-order valence-electron chi connectivity index (χ4n) is 2.09. The normalized spacial score (nSPS) is 17.1. The van der Waals surface area contributed by atoms with Crippen molar-refractivity contribution in [2.24, 2.45) is 5.92 Å². The molecule has 94 valence electrons. The van der Waals surface area contributed by atoms with Gasteiger partial charge in [-0.3, -0.25) is 0 Å². The van der Waals surface area contributed by atoms with E-state index in [1.165, 1.54) is 12.8 Å². The highest BCUT2D eigenvalue weighted by Gasteiger charge is 2.13. The third kappa shape index (κ3) is 4.16. The summed E-state index contributed by atoms with van der Waals surface area (Å²) in [4.78, 5) is 0. The molecular formula is C13H17BrClNO. The molecule has 0 spiro atoms. The monoisotopic (exact) mass is 317 g/mol. The SMILES string of the molecule is Clc1ccc(Br)cc1OCCC1CCNCC1. The molecule has 0 atom stereocenters. The minimum Gasteiger partial charge on any atom is -0.492 e. The van der Waals surface area contributed by atoms with Gasteiger partial charge in [0.25, 0.3) is 0 Å². The number of ether oxygens (including phenoxy) is 1. The minimum atomic E-state index is 0.679. The summed E-state index contributed by atoms with van der Waals surface area (Å²) in [6.07, 6.45) is 3.63. The summed E-state index contributed by atoms with van der Waals surface area (Å²) in [5.74, 6) is 1.57. The van der Waals surface area contributed by atoms with Crippen molar-refractivity contribution < 1.29 is 4.74 Å². The van der Waals surface area contributed by atoms with E-state index >= 15 is 0 Å². The summed E-state index contributed by atoms with van der Waals surface area (Å²) < 4.78 is 6.74. The lowest BCUT2D eigenvalue weighted by Crippen LogP contribution is -2.28. The van der Waals surface area contributed by atoms with Crippen molar-refractivity contribution in [3.8, 4) is 5.75 Å². The maximum atomic E-state index is 6.06. The molecule has 0 aliphatic carbocycles. The lowest BCUT2D eigenvalue weighted by Gasteiger charge is -2.22. The molecule has 1 aliphatic heterocycles. The number of piperidine rings is 1. The average molecular weight is 319 g/mol. The first-order valence-corrected chi connectivity index (χ1v) is 7.21. The third-order valence-corrected chi connectivity index (χ3v) is 3.94. The van der Waals surface area contributed by atoms with Crippen LogP contribution >= 0.6 is 27.5 Å². The lowest BCUT2D eigenvalue weighted by atomic mass is 9.95. The van der Waals surface area contributed by atoms with Gasteiger partial charge in [-0.2, -0.15) is 0 Å². The van der Waals surface area contributed by atoms with E-state index in [1.807, 2.05) is 18.2 Å². The first-order valence-electron chi connectivity index (χ1n) is 6.04. The molecule has 1 saturated heterocycles. The Morgan fingerprint density at radius 2 is 2.12 bits per heavy atom. The second-order valence-corrected chi connectivity index (χ2v) is 5.73. The first kappa shape index (κ1) is 13.2. The van der Waals surface area contributed by atoms with E-state index in [9.17, 15) is 0 Å². The van der Waals surface area contributed by atoms with Gasteiger partial charge < -0.3 is 10.1 Å². The van der Waals surface area contributed by atoms with Crippen molar-refractivity contribution in [1.29, 1.82) is 0 Å². The predicted molar refractivity (Wildman–Crippen MR) is 74.9 cm³/mol. The van der Waals surface area contributed by atoms with E-state index in [1.54, 1.807) is 0 Å². The zero-order valence-electron chi connectivity index (χ0n) is 9.72. The smallest absolute Gasteiger partial charge is 0.139 e. The zero-order valence-corrected chi connectivity index (χ0v) is 12.1. The van der Waals surface area contributed by atoms with Crippen LogP contribution in [0.25, 0.3) is 0 Å². The van der Waals surface area contributed by atoms with Gasteiger partial charge in [0, 0.05) is 4.47 Å². The molecule has 0 unspecified atom stereocenters. The zero-order chi connectivity index (χ0) is 12.1. The van der Waals surface area contributed by atoms with Crippen LogP contribution in [0.15, 0.2) is 22.7 Å². The van der Waals surface area contributed by atoms with Crippen LogP contribution in [0.3, 0.4) is 0 Å². The second kappa shape index (κ2) is 6.62. The molecule has 17 heavy (non-hydrogen) atoms. The molecule has 2 rings (SSSR count). The van der Waals surface area contributed by atoms with Crippen molar-refractivity contribution in [1.82, 2.24) is 5.32 Å². The first-order chi connectivity index (χ1) is 8.25. The molecule has 4 heteroatoms. The maximum absolute atomic E-state index is 6.06. The average Bonchev–Trinajstić information content (AvgIpc) is 2.35. The Labute approximate surface area is 116 Å². The largest absolute Gasteiger partial charge is 0.492 e. The van der Waals surface area contributed by atoms with Crippen molar-refractivity contribution in [3.63, 3.8) is 0 Å². The predicted octanol–water partition coefficient (Wildman–Crippen LogP) is 3.87. The van der Waals surface area contributed by atoms with Gasteiger partial charge in [0.05, 0.1) is 11.6 Å². The van der Waals surface area contributed by atoms with Crippen LogP contribution < -0.4 is 10.1 Å². The van der Waals surface area contributed by atoms with Crippen LogP contribution in [0.2, 0.25) is 5.02 Å². The number of nitrogens with one attached hydrogen (secondary N) is 1. The van der Waals surface area contributed by atoms with Crippen LogP contribution in [-0.4, -0.2) is 19.7 Å². The molecule has 0 amide bonds. The number of hydrogen-bond donors (Lipinski definition) is 1. The Morgan fingerprint density at radius 1 is 1.35 bits per heavy atom. The summed E-state index contributed by atoms with van der Waals surface area (Å²) in [6.45, 7) is 3.03. The Hall–Kier alpha value is -0.250. The molecule has 1 N–H and O–H groups in total. The summed E-state index contributed by atoms with van der Waals surface area (Å²) in [6, 6.07) is 5.69. The van der Waals surface area contributed by atoms with Crippen molar-refractivity contribution in [3.05, 3.63) is 27.7 Å². The number of rotatable bonds is 4. The van der Waals surface area contributed by atoms with Gasteiger partial charge in [-0.05, 0) is 56.5 Å². The molecule has 0 radical (unpaired) electrons. The highest BCUT2D eigenvalue weighted by atomic mass is 79.9. The van der Waals surface area contributed by atoms with Crippen LogP contribution in [0, 0.1) is 5.92 Å². The van der Waals surface area contributed by atoms with Gasteiger partial charge in [-0.15, -0.1) is 0 Å². The maximum Gasteiger partial charge on any atom is 0.139 e. The van der Waals surface area contributed by atoms with Crippen LogP contribution in [0.1, 0.15) is 19.3 Å². The topological polar surface area (TPSA) is 21.3 Å². The second-order valence-electron chi connectivity index (χ2n) is 4.41. The third-order valence-electron chi connectivity index (χ3n) is 3.14. The molecule has 1 aliphatic rings. The molecule has 0 aromatic heterocycles. The van der Waals surface area contributed by atoms with E-state index in [0.29, 0.717) is 5.02 Å². The summed E-state index contributed by atoms with van der Waals surface area (Å²) in [5, 5.41) is 4.05. The van der Waals surface area contributed by atoms with Gasteiger partial charge in [0.1, 0.15) is 5.75 Å².